The van der Waals surface area contributed by atoms with Crippen LogP contribution >= 0.6 is 0 Å². The minimum absolute atomic E-state index is 0.144. The molecule has 2 aromatic heterocycles. The number of anilines is 2. The van der Waals surface area contributed by atoms with Gasteiger partial charge in [0.05, 0.1) is 12.2 Å². The third kappa shape index (κ3) is 3.60. The fourth-order valence-electron chi connectivity index (χ4n) is 4.47. The summed E-state index contributed by atoms with van der Waals surface area (Å²) in [4.78, 5) is 44.2. The summed E-state index contributed by atoms with van der Waals surface area (Å²) in [5, 5.41) is 10.7. The molecular formula is C22H24N6O3. The molecule has 9 heteroatoms. The molecule has 2 aliphatic carbocycles. The van der Waals surface area contributed by atoms with Gasteiger partial charge in [0.15, 0.2) is 11.4 Å². The van der Waals surface area contributed by atoms with Gasteiger partial charge in [-0.3, -0.25) is 19.4 Å². The number of rotatable bonds is 5. The molecule has 3 aromatic rings. The van der Waals surface area contributed by atoms with Crippen molar-refractivity contribution in [3.05, 3.63) is 45.9 Å². The van der Waals surface area contributed by atoms with Crippen molar-refractivity contribution in [1.29, 1.82) is 0 Å². The first-order chi connectivity index (χ1) is 15.0. The van der Waals surface area contributed by atoms with Gasteiger partial charge < -0.3 is 10.6 Å². The Kier molecular flexibility index (Phi) is 4.80. The molecule has 1 atom stereocenters. The van der Waals surface area contributed by atoms with Crippen molar-refractivity contribution in [3.63, 3.8) is 0 Å². The van der Waals surface area contributed by atoms with Crippen LogP contribution in [0.4, 0.5) is 11.6 Å². The van der Waals surface area contributed by atoms with Crippen LogP contribution in [-0.4, -0.2) is 37.5 Å². The fraction of sp³-hybridized carbons (Fsp3) is 0.409. The fourth-order valence-corrected chi connectivity index (χ4v) is 4.47. The van der Waals surface area contributed by atoms with E-state index < -0.39 is 6.04 Å². The minimum atomic E-state index is -0.640. The number of ketones is 1. The number of H-pyrrole nitrogens is 1. The summed E-state index contributed by atoms with van der Waals surface area (Å²) in [5.41, 5.74) is 2.59. The molecule has 1 aromatic carbocycles. The van der Waals surface area contributed by atoms with E-state index in [9.17, 15) is 14.4 Å². The maximum Gasteiger partial charge on any atom is 0.263 e. The van der Waals surface area contributed by atoms with E-state index in [1.165, 1.54) is 0 Å². The molecule has 0 spiro atoms. The monoisotopic (exact) mass is 420 g/mol. The van der Waals surface area contributed by atoms with Gasteiger partial charge >= 0.3 is 0 Å². The van der Waals surface area contributed by atoms with Crippen molar-refractivity contribution < 1.29 is 9.59 Å². The van der Waals surface area contributed by atoms with E-state index in [0.29, 0.717) is 29.6 Å². The number of aromatic amines is 1. The molecular weight excluding hydrogens is 396 g/mol. The lowest BCUT2D eigenvalue weighted by Crippen LogP contribution is -2.33. The molecule has 0 unspecified atom stereocenters. The SMILES string of the molecule is C[C@@H](Nc1nc2c(cnn2C2CCCC2)c(=O)[nH]1)C(=O)Nc1ccc2c(c1)CCC2=O. The number of fused-ring (bicyclic) bond motifs is 2. The first-order valence-corrected chi connectivity index (χ1v) is 10.7. The minimum Gasteiger partial charge on any atom is -0.344 e. The average molecular weight is 420 g/mol. The van der Waals surface area contributed by atoms with Gasteiger partial charge in [0.2, 0.25) is 11.9 Å². The Morgan fingerprint density at radius 2 is 2.03 bits per heavy atom. The van der Waals surface area contributed by atoms with Crippen molar-refractivity contribution in [3.8, 4) is 0 Å². The summed E-state index contributed by atoms with van der Waals surface area (Å²) in [6, 6.07) is 4.96. The summed E-state index contributed by atoms with van der Waals surface area (Å²) in [6.07, 6.45) is 7.12. The Bertz CT molecular complexity index is 1240. The second kappa shape index (κ2) is 7.64. The van der Waals surface area contributed by atoms with Crippen LogP contribution in [0.2, 0.25) is 0 Å². The first-order valence-electron chi connectivity index (χ1n) is 10.7. The number of carbonyl (C=O) groups excluding carboxylic acids is 2. The maximum absolute atomic E-state index is 12.7. The summed E-state index contributed by atoms with van der Waals surface area (Å²) >= 11 is 0. The normalized spacial score (nSPS) is 17.1. The van der Waals surface area contributed by atoms with Crippen LogP contribution in [0.3, 0.4) is 0 Å². The van der Waals surface area contributed by atoms with E-state index in [0.717, 1.165) is 36.8 Å². The molecule has 0 radical (unpaired) electrons. The van der Waals surface area contributed by atoms with Gasteiger partial charge in [-0.2, -0.15) is 10.1 Å². The lowest BCUT2D eigenvalue weighted by Gasteiger charge is -2.15. The third-order valence-electron chi connectivity index (χ3n) is 6.18. The average Bonchev–Trinajstić information content (AvgIpc) is 3.48. The third-order valence-corrected chi connectivity index (χ3v) is 6.18. The van der Waals surface area contributed by atoms with Gasteiger partial charge in [0.1, 0.15) is 11.4 Å². The van der Waals surface area contributed by atoms with Crippen molar-refractivity contribution >= 4 is 34.4 Å². The summed E-state index contributed by atoms with van der Waals surface area (Å²) < 4.78 is 1.83. The largest absolute Gasteiger partial charge is 0.344 e. The number of nitrogens with zero attached hydrogens (tertiary/aromatic N) is 3. The number of aromatic nitrogens is 4. The van der Waals surface area contributed by atoms with E-state index in [2.05, 4.69) is 25.7 Å². The quantitative estimate of drug-likeness (QED) is 0.583. The number of hydrogen-bond acceptors (Lipinski definition) is 6. The highest BCUT2D eigenvalue weighted by Gasteiger charge is 2.23. The number of nitrogens with one attached hydrogen (secondary N) is 3. The van der Waals surface area contributed by atoms with Gasteiger partial charge in [0.25, 0.3) is 5.56 Å². The van der Waals surface area contributed by atoms with E-state index in [1.54, 1.807) is 25.3 Å². The Labute approximate surface area is 178 Å². The predicted octanol–water partition coefficient (Wildman–Crippen LogP) is 2.80. The molecule has 0 bridgehead atoms. The van der Waals surface area contributed by atoms with Crippen LogP contribution in [0.5, 0.6) is 0 Å². The molecule has 2 heterocycles. The molecule has 1 fully saturated rings. The molecule has 1 amide bonds. The standard InChI is InChI=1S/C22H24N6O3/c1-12(20(30)25-14-7-8-16-13(10-14)6-9-18(16)29)24-22-26-19-17(21(31)27-22)11-23-28(19)15-4-2-3-5-15/h7-8,10-12,15H,2-6,9H2,1H3,(H,25,30)(H2,24,26,27,31)/t12-/m1/s1. The molecule has 2 aliphatic rings. The van der Waals surface area contributed by atoms with Crippen LogP contribution in [0.1, 0.15) is 61.0 Å². The maximum atomic E-state index is 12.7. The van der Waals surface area contributed by atoms with Crippen molar-refractivity contribution in [1.82, 2.24) is 19.7 Å². The highest BCUT2D eigenvalue weighted by Crippen LogP contribution is 2.30. The zero-order valence-corrected chi connectivity index (χ0v) is 17.3. The van der Waals surface area contributed by atoms with E-state index in [-0.39, 0.29) is 29.2 Å². The van der Waals surface area contributed by atoms with Crippen LogP contribution in [0.25, 0.3) is 11.0 Å². The summed E-state index contributed by atoms with van der Waals surface area (Å²) in [6.45, 7) is 1.70. The topological polar surface area (TPSA) is 122 Å². The van der Waals surface area contributed by atoms with Crippen molar-refractivity contribution in [2.24, 2.45) is 0 Å². The molecule has 3 N–H and O–H groups in total. The Hall–Kier alpha value is -3.49. The summed E-state index contributed by atoms with van der Waals surface area (Å²) in [7, 11) is 0. The Morgan fingerprint density at radius 3 is 2.84 bits per heavy atom. The highest BCUT2D eigenvalue weighted by atomic mass is 16.2. The lowest BCUT2D eigenvalue weighted by atomic mass is 10.1. The lowest BCUT2D eigenvalue weighted by molar-refractivity contribution is -0.116. The molecule has 160 valence electrons. The number of carbonyl (C=O) groups is 2. The molecule has 5 rings (SSSR count). The molecule has 0 aliphatic heterocycles. The second-order valence-electron chi connectivity index (χ2n) is 8.33. The highest BCUT2D eigenvalue weighted by molar-refractivity contribution is 6.02. The number of aryl methyl sites for hydroxylation is 1. The molecule has 31 heavy (non-hydrogen) atoms. The van der Waals surface area contributed by atoms with Crippen LogP contribution in [0, 0.1) is 0 Å². The number of benzene rings is 1. The van der Waals surface area contributed by atoms with Gasteiger partial charge in [-0.25, -0.2) is 4.68 Å². The number of hydrogen-bond donors (Lipinski definition) is 3. The zero-order valence-electron chi connectivity index (χ0n) is 17.3. The Morgan fingerprint density at radius 1 is 1.23 bits per heavy atom. The smallest absolute Gasteiger partial charge is 0.263 e. The molecule has 9 nitrogen and oxygen atoms in total. The predicted molar refractivity (Wildman–Crippen MR) is 116 cm³/mol. The zero-order chi connectivity index (χ0) is 21.5. The number of amides is 1. The van der Waals surface area contributed by atoms with Crippen LogP contribution in [-0.2, 0) is 11.2 Å². The van der Waals surface area contributed by atoms with Crippen molar-refractivity contribution in [2.75, 3.05) is 10.6 Å². The van der Waals surface area contributed by atoms with Gasteiger partial charge in [-0.15, -0.1) is 0 Å². The molecule has 0 saturated heterocycles. The van der Waals surface area contributed by atoms with E-state index in [4.69, 9.17) is 0 Å². The molecule has 1 saturated carbocycles. The Balaban J connectivity index is 1.33. The summed E-state index contributed by atoms with van der Waals surface area (Å²) in [5.74, 6) is 0.112. The van der Waals surface area contributed by atoms with Crippen molar-refractivity contribution in [2.45, 2.75) is 57.5 Å². The van der Waals surface area contributed by atoms with E-state index >= 15 is 0 Å². The second-order valence-corrected chi connectivity index (χ2v) is 8.33. The van der Waals surface area contributed by atoms with Gasteiger partial charge in [-0.05, 0) is 49.9 Å². The van der Waals surface area contributed by atoms with Crippen LogP contribution < -0.4 is 16.2 Å². The first kappa shape index (κ1) is 19.5. The van der Waals surface area contributed by atoms with Gasteiger partial charge in [-0.1, -0.05) is 12.8 Å². The van der Waals surface area contributed by atoms with Crippen LogP contribution in [0.15, 0.2) is 29.2 Å². The number of Topliss-reactive ketones (excluding diaryl/α,β-unsaturated/α-hetero) is 1. The van der Waals surface area contributed by atoms with E-state index in [1.807, 2.05) is 10.7 Å². The van der Waals surface area contributed by atoms with Gasteiger partial charge in [0, 0.05) is 17.7 Å².